The third-order valence-corrected chi connectivity index (χ3v) is 4.22. The average molecular weight is 260 g/mol. The molecule has 0 amide bonds. The first-order valence-electron chi connectivity index (χ1n) is 6.25. The van der Waals surface area contributed by atoms with E-state index in [1.807, 2.05) is 6.08 Å². The Morgan fingerprint density at radius 2 is 1.84 bits per heavy atom. The van der Waals surface area contributed by atoms with Gasteiger partial charge in [-0.3, -0.25) is 5.23 Å². The first-order chi connectivity index (χ1) is 9.08. The molecule has 3 rings (SSSR count). The highest BCUT2D eigenvalue weighted by atomic mass is 16.8. The molecule has 1 saturated carbocycles. The third-order valence-electron chi connectivity index (χ3n) is 4.22. The molecule has 19 heavy (non-hydrogen) atoms. The van der Waals surface area contributed by atoms with Crippen molar-refractivity contribution in [3.63, 3.8) is 0 Å². The van der Waals surface area contributed by atoms with Crippen molar-refractivity contribution in [1.82, 2.24) is 5.23 Å². The molecule has 100 valence electrons. The van der Waals surface area contributed by atoms with Crippen LogP contribution in [0.1, 0.15) is 28.3 Å². The Morgan fingerprint density at radius 1 is 1.21 bits per heavy atom. The highest BCUT2D eigenvalue weighted by Gasteiger charge is 2.45. The van der Waals surface area contributed by atoms with Gasteiger partial charge in [-0.1, -0.05) is 24.3 Å². The minimum absolute atomic E-state index is 0.0595. The number of allylic oxidation sites excluding steroid dienone is 1. The summed E-state index contributed by atoms with van der Waals surface area (Å²) in [6.07, 6.45) is 4.94. The van der Waals surface area contributed by atoms with E-state index in [2.05, 4.69) is 6.08 Å². The first-order valence-corrected chi connectivity index (χ1v) is 6.25. The highest BCUT2D eigenvalue weighted by molar-refractivity contribution is 5.87. The van der Waals surface area contributed by atoms with E-state index in [1.165, 1.54) is 12.1 Å². The van der Waals surface area contributed by atoms with Gasteiger partial charge >= 0.3 is 5.97 Å². The maximum atomic E-state index is 11.3. The van der Waals surface area contributed by atoms with Crippen LogP contribution in [0.4, 0.5) is 0 Å². The Balaban J connectivity index is 1.92. The molecule has 2 bridgehead atoms. The van der Waals surface area contributed by atoms with E-state index in [9.17, 15) is 15.2 Å². The van der Waals surface area contributed by atoms with Gasteiger partial charge in [0.1, 0.15) is 0 Å². The van der Waals surface area contributed by atoms with E-state index in [4.69, 9.17) is 5.11 Å². The second-order valence-corrected chi connectivity index (χ2v) is 5.19. The SMILES string of the molecule is O=C(O)c1ccc(C2C3C=CC(C3)C2N([O-])O)cc1. The Labute approximate surface area is 110 Å². The second-order valence-electron chi connectivity index (χ2n) is 5.19. The van der Waals surface area contributed by atoms with Gasteiger partial charge in [-0.25, -0.2) is 4.79 Å². The average Bonchev–Trinajstić information content (AvgIpc) is 2.98. The van der Waals surface area contributed by atoms with Crippen molar-refractivity contribution < 1.29 is 15.1 Å². The van der Waals surface area contributed by atoms with Gasteiger partial charge in [0.25, 0.3) is 0 Å². The fraction of sp³-hybridized carbons (Fsp3) is 0.357. The lowest BCUT2D eigenvalue weighted by Crippen LogP contribution is -2.36. The summed E-state index contributed by atoms with van der Waals surface area (Å²) < 4.78 is 0. The Bertz CT molecular complexity index is 523. The molecule has 1 aromatic carbocycles. The van der Waals surface area contributed by atoms with Crippen LogP contribution in [0.25, 0.3) is 0 Å². The van der Waals surface area contributed by atoms with Crippen LogP contribution in [0.5, 0.6) is 0 Å². The number of carbonyl (C=O) groups is 1. The molecule has 0 heterocycles. The molecule has 0 aliphatic heterocycles. The predicted octanol–water partition coefficient (Wildman–Crippen LogP) is 2.23. The van der Waals surface area contributed by atoms with Crippen molar-refractivity contribution in [3.8, 4) is 0 Å². The zero-order valence-electron chi connectivity index (χ0n) is 10.1. The number of hydrogen-bond acceptors (Lipinski definition) is 4. The standard InChI is InChI=1S/C14H14NO4/c16-14(17)9-3-1-8(2-4-9)12-10-5-6-11(7-10)13(12)15(18)19/h1-6,10-13,18H,7H2,(H,16,17)/q-1. The number of hydroxylamine groups is 2. The van der Waals surface area contributed by atoms with Crippen LogP contribution in [0.2, 0.25) is 0 Å². The van der Waals surface area contributed by atoms with Crippen LogP contribution < -0.4 is 0 Å². The summed E-state index contributed by atoms with van der Waals surface area (Å²) in [4.78, 5) is 10.8. The molecule has 0 radical (unpaired) electrons. The molecule has 5 heteroatoms. The molecule has 2 aliphatic carbocycles. The molecule has 4 atom stereocenters. The van der Waals surface area contributed by atoms with Crippen molar-refractivity contribution in [3.05, 3.63) is 52.8 Å². The van der Waals surface area contributed by atoms with Crippen molar-refractivity contribution >= 4 is 5.97 Å². The Kier molecular flexibility index (Phi) is 2.89. The van der Waals surface area contributed by atoms with Crippen molar-refractivity contribution in [1.29, 1.82) is 0 Å². The van der Waals surface area contributed by atoms with Crippen LogP contribution in [0.3, 0.4) is 0 Å². The van der Waals surface area contributed by atoms with Gasteiger partial charge in [0.2, 0.25) is 0 Å². The smallest absolute Gasteiger partial charge is 0.335 e. The number of benzene rings is 1. The van der Waals surface area contributed by atoms with E-state index >= 15 is 0 Å². The second kappa shape index (κ2) is 4.45. The summed E-state index contributed by atoms with van der Waals surface area (Å²) in [7, 11) is 0. The Morgan fingerprint density at radius 3 is 2.42 bits per heavy atom. The molecule has 5 nitrogen and oxygen atoms in total. The van der Waals surface area contributed by atoms with Gasteiger partial charge in [-0.05, 0) is 36.0 Å². The summed E-state index contributed by atoms with van der Waals surface area (Å²) in [6.45, 7) is 0. The molecule has 1 aromatic rings. The van der Waals surface area contributed by atoms with Gasteiger partial charge < -0.3 is 15.5 Å². The number of carboxylic acids is 1. The van der Waals surface area contributed by atoms with Gasteiger partial charge in [0.15, 0.2) is 0 Å². The monoisotopic (exact) mass is 260 g/mol. The molecule has 1 fully saturated rings. The fourth-order valence-corrected chi connectivity index (χ4v) is 3.39. The van der Waals surface area contributed by atoms with Crippen LogP contribution in [0.15, 0.2) is 36.4 Å². The topological polar surface area (TPSA) is 83.8 Å². The van der Waals surface area contributed by atoms with Gasteiger partial charge in [-0.2, -0.15) is 0 Å². The fourth-order valence-electron chi connectivity index (χ4n) is 3.39. The largest absolute Gasteiger partial charge is 0.762 e. The van der Waals surface area contributed by atoms with Crippen LogP contribution in [-0.2, 0) is 0 Å². The first kappa shape index (κ1) is 12.3. The molecule has 4 unspecified atom stereocenters. The summed E-state index contributed by atoms with van der Waals surface area (Å²) in [6, 6.07) is 6.08. The van der Waals surface area contributed by atoms with Crippen LogP contribution in [0, 0.1) is 17.0 Å². The predicted molar refractivity (Wildman–Crippen MR) is 67.7 cm³/mol. The van der Waals surface area contributed by atoms with E-state index in [0.29, 0.717) is 0 Å². The number of carboxylic acid groups (broad SMARTS) is 1. The lowest BCUT2D eigenvalue weighted by Gasteiger charge is -2.37. The molecule has 0 spiro atoms. The van der Waals surface area contributed by atoms with E-state index < -0.39 is 12.0 Å². The number of hydrogen-bond donors (Lipinski definition) is 2. The molecule has 2 N–H and O–H groups in total. The number of nitrogens with zero attached hydrogens (tertiary/aromatic N) is 1. The van der Waals surface area contributed by atoms with E-state index in [1.54, 1.807) is 12.1 Å². The van der Waals surface area contributed by atoms with Crippen LogP contribution in [-0.4, -0.2) is 27.6 Å². The summed E-state index contributed by atoms with van der Waals surface area (Å²) in [5, 5.41) is 29.6. The number of rotatable bonds is 3. The van der Waals surface area contributed by atoms with Gasteiger partial charge in [0.05, 0.1) is 5.56 Å². The maximum absolute atomic E-state index is 11.3. The van der Waals surface area contributed by atoms with E-state index in [0.717, 1.165) is 12.0 Å². The van der Waals surface area contributed by atoms with Crippen molar-refractivity contribution in [2.24, 2.45) is 11.8 Å². The molecular weight excluding hydrogens is 246 g/mol. The van der Waals surface area contributed by atoms with Crippen molar-refractivity contribution in [2.45, 2.75) is 18.4 Å². The summed E-state index contributed by atoms with van der Waals surface area (Å²) in [5.41, 5.74) is 1.13. The molecule has 0 aromatic heterocycles. The summed E-state index contributed by atoms with van der Waals surface area (Å²) in [5.74, 6) is -0.713. The van der Waals surface area contributed by atoms with E-state index in [-0.39, 0.29) is 28.5 Å². The highest BCUT2D eigenvalue weighted by Crippen LogP contribution is 2.50. The lowest BCUT2D eigenvalue weighted by atomic mass is 9.83. The number of fused-ring (bicyclic) bond motifs is 2. The Hall–Kier alpha value is -1.69. The van der Waals surface area contributed by atoms with Gasteiger partial charge in [-0.15, -0.1) is 0 Å². The zero-order valence-corrected chi connectivity index (χ0v) is 10.1. The van der Waals surface area contributed by atoms with Crippen molar-refractivity contribution in [2.75, 3.05) is 0 Å². The molecular formula is C14H14NO4-. The zero-order chi connectivity index (χ0) is 13.6. The summed E-state index contributed by atoms with van der Waals surface area (Å²) >= 11 is 0. The minimum Gasteiger partial charge on any atom is -0.762 e. The van der Waals surface area contributed by atoms with Gasteiger partial charge in [0, 0.05) is 12.0 Å². The normalized spacial score (nSPS) is 32.2. The third kappa shape index (κ3) is 1.96. The molecule has 2 aliphatic rings. The molecule has 0 saturated heterocycles. The maximum Gasteiger partial charge on any atom is 0.335 e. The minimum atomic E-state index is -0.969. The number of aromatic carboxylic acids is 1. The lowest BCUT2D eigenvalue weighted by molar-refractivity contribution is -0.0915. The quantitative estimate of drug-likeness (QED) is 0.643. The van der Waals surface area contributed by atoms with Crippen LogP contribution >= 0.6 is 0 Å².